The van der Waals surface area contributed by atoms with Crippen molar-refractivity contribution in [3.63, 3.8) is 0 Å². The van der Waals surface area contributed by atoms with Gasteiger partial charge in [0.15, 0.2) is 15.4 Å². The van der Waals surface area contributed by atoms with Gasteiger partial charge in [0.05, 0.1) is 17.7 Å². The Morgan fingerprint density at radius 1 is 1.48 bits per heavy atom. The Labute approximate surface area is 161 Å². The summed E-state index contributed by atoms with van der Waals surface area (Å²) in [7, 11) is 1.64. The van der Waals surface area contributed by atoms with E-state index in [0.717, 1.165) is 16.1 Å². The van der Waals surface area contributed by atoms with Crippen molar-refractivity contribution in [1.29, 1.82) is 0 Å². The number of ether oxygens (including phenoxy) is 1. The van der Waals surface area contributed by atoms with Gasteiger partial charge in [-0.25, -0.2) is 4.98 Å². The van der Waals surface area contributed by atoms with Crippen molar-refractivity contribution in [2.24, 2.45) is 5.10 Å². The number of nitrogens with zero attached hydrogens (tertiary/aromatic N) is 2. The number of aryl methyl sites for hydroxylation is 1. The molecule has 25 heavy (non-hydrogen) atoms. The summed E-state index contributed by atoms with van der Waals surface area (Å²) in [6.45, 7) is 4.55. The molecule has 0 spiro atoms. The number of rotatable bonds is 7. The zero-order valence-corrected chi connectivity index (χ0v) is 16.6. The Bertz CT molecular complexity index is 750. The molecule has 0 bridgehead atoms. The van der Waals surface area contributed by atoms with Gasteiger partial charge >= 0.3 is 0 Å². The molecule has 0 aliphatic carbocycles. The van der Waals surface area contributed by atoms with Crippen LogP contribution in [0.5, 0.6) is 0 Å². The van der Waals surface area contributed by atoms with E-state index >= 15 is 0 Å². The molecule has 0 fully saturated rings. The third kappa shape index (κ3) is 6.24. The summed E-state index contributed by atoms with van der Waals surface area (Å²) in [5.74, 6) is 0. The Kier molecular flexibility index (Phi) is 7.57. The zero-order chi connectivity index (χ0) is 18.2. The van der Waals surface area contributed by atoms with Gasteiger partial charge < -0.3 is 15.4 Å². The Morgan fingerprint density at radius 2 is 2.24 bits per heavy atom. The van der Waals surface area contributed by atoms with Crippen LogP contribution in [-0.2, 0) is 4.74 Å². The Balaban J connectivity index is 1.94. The molecule has 134 valence electrons. The molecular formula is C16H20ClN5OS2. The second-order valence-corrected chi connectivity index (χ2v) is 7.11. The first-order valence-electron chi connectivity index (χ1n) is 7.57. The normalized spacial score (nSPS) is 12.2. The van der Waals surface area contributed by atoms with Crippen LogP contribution >= 0.6 is 35.2 Å². The molecule has 6 nitrogen and oxygen atoms in total. The average molecular weight is 398 g/mol. The summed E-state index contributed by atoms with van der Waals surface area (Å²) < 4.78 is 5.03. The van der Waals surface area contributed by atoms with Crippen LogP contribution in [-0.4, -0.2) is 36.1 Å². The molecule has 0 unspecified atom stereocenters. The maximum absolute atomic E-state index is 6.17. The van der Waals surface area contributed by atoms with Crippen molar-refractivity contribution in [3.8, 4) is 0 Å². The van der Waals surface area contributed by atoms with Gasteiger partial charge in [-0.2, -0.15) is 5.10 Å². The van der Waals surface area contributed by atoms with E-state index in [9.17, 15) is 0 Å². The maximum atomic E-state index is 6.17. The van der Waals surface area contributed by atoms with Crippen molar-refractivity contribution >= 4 is 57.3 Å². The van der Waals surface area contributed by atoms with Crippen LogP contribution in [0, 0.1) is 6.92 Å². The lowest BCUT2D eigenvalue weighted by atomic mass is 10.2. The number of anilines is 2. The predicted molar refractivity (Wildman–Crippen MR) is 109 cm³/mol. The number of halogens is 1. The van der Waals surface area contributed by atoms with Gasteiger partial charge in [0.2, 0.25) is 0 Å². The Morgan fingerprint density at radius 3 is 2.96 bits per heavy atom. The SMILES string of the molecule is COC[C@H](C)NC(=S)N/N=C/c1sc(Nc2ccccc2C)nc1Cl. The number of thiocarbonyl (C=S) groups is 1. The first kappa shape index (κ1) is 19.6. The summed E-state index contributed by atoms with van der Waals surface area (Å²) in [5, 5.41) is 11.9. The fourth-order valence-electron chi connectivity index (χ4n) is 1.97. The fraction of sp³-hybridized carbons (Fsp3) is 0.312. The highest BCUT2D eigenvalue weighted by molar-refractivity contribution is 7.80. The summed E-state index contributed by atoms with van der Waals surface area (Å²) in [5.41, 5.74) is 4.87. The lowest BCUT2D eigenvalue weighted by Gasteiger charge is -2.13. The molecule has 1 aromatic carbocycles. The van der Waals surface area contributed by atoms with Crippen LogP contribution in [0.4, 0.5) is 10.8 Å². The summed E-state index contributed by atoms with van der Waals surface area (Å²) >= 11 is 12.7. The van der Waals surface area contributed by atoms with Crippen LogP contribution in [0.3, 0.4) is 0 Å². The number of para-hydroxylation sites is 1. The average Bonchev–Trinajstić information content (AvgIpc) is 2.89. The van der Waals surface area contributed by atoms with Crippen LogP contribution in [0.15, 0.2) is 29.4 Å². The number of benzene rings is 1. The van der Waals surface area contributed by atoms with E-state index in [4.69, 9.17) is 28.6 Å². The van der Waals surface area contributed by atoms with Crippen molar-refractivity contribution in [1.82, 2.24) is 15.7 Å². The van der Waals surface area contributed by atoms with Crippen molar-refractivity contribution < 1.29 is 4.74 Å². The van der Waals surface area contributed by atoms with E-state index in [1.165, 1.54) is 11.3 Å². The lowest BCUT2D eigenvalue weighted by molar-refractivity contribution is 0.179. The molecule has 2 aromatic rings. The third-order valence-electron chi connectivity index (χ3n) is 3.14. The van der Waals surface area contributed by atoms with E-state index in [1.807, 2.05) is 38.1 Å². The minimum Gasteiger partial charge on any atom is -0.383 e. The molecule has 3 N–H and O–H groups in total. The summed E-state index contributed by atoms with van der Waals surface area (Å²) in [4.78, 5) is 5.04. The second kappa shape index (κ2) is 9.67. The topological polar surface area (TPSA) is 70.6 Å². The molecule has 0 saturated heterocycles. The van der Waals surface area contributed by atoms with E-state index in [0.29, 0.717) is 22.0 Å². The molecule has 1 heterocycles. The number of hydrogen-bond acceptors (Lipinski definition) is 6. The van der Waals surface area contributed by atoms with Gasteiger partial charge in [-0.1, -0.05) is 41.1 Å². The first-order chi connectivity index (χ1) is 12.0. The standard InChI is InChI=1S/C16H20ClN5OS2/c1-10-6-4-5-7-12(10)20-16-21-14(17)13(25-16)8-18-22-15(24)19-11(2)9-23-3/h4-8,11H,9H2,1-3H3,(H,20,21)(H2,19,22,24)/b18-8+/t11-/m0/s1. The molecule has 0 amide bonds. The monoisotopic (exact) mass is 397 g/mol. The minimum atomic E-state index is 0.0945. The smallest absolute Gasteiger partial charge is 0.189 e. The molecule has 2 rings (SSSR count). The van der Waals surface area contributed by atoms with E-state index < -0.39 is 0 Å². The maximum Gasteiger partial charge on any atom is 0.189 e. The summed E-state index contributed by atoms with van der Waals surface area (Å²) in [6.07, 6.45) is 1.60. The van der Waals surface area contributed by atoms with Gasteiger partial charge in [0.25, 0.3) is 0 Å². The number of hydrogen-bond donors (Lipinski definition) is 3. The van der Waals surface area contributed by atoms with Crippen LogP contribution in [0.25, 0.3) is 0 Å². The molecule has 9 heteroatoms. The highest BCUT2D eigenvalue weighted by atomic mass is 35.5. The highest BCUT2D eigenvalue weighted by Gasteiger charge is 2.09. The Hall–Kier alpha value is -1.74. The molecule has 0 radical (unpaired) electrons. The van der Waals surface area contributed by atoms with Gasteiger partial charge in [-0.3, -0.25) is 5.43 Å². The molecule has 1 atom stereocenters. The van der Waals surface area contributed by atoms with Gasteiger partial charge in [0, 0.05) is 18.8 Å². The minimum absolute atomic E-state index is 0.0945. The number of thiazole rings is 1. The third-order valence-corrected chi connectivity index (χ3v) is 4.65. The van der Waals surface area contributed by atoms with Crippen molar-refractivity contribution in [2.45, 2.75) is 19.9 Å². The molecule has 0 aliphatic heterocycles. The van der Waals surface area contributed by atoms with Crippen molar-refractivity contribution in [3.05, 3.63) is 39.9 Å². The van der Waals surface area contributed by atoms with Crippen LogP contribution in [0.1, 0.15) is 17.4 Å². The number of methoxy groups -OCH3 is 1. The largest absolute Gasteiger partial charge is 0.383 e. The highest BCUT2D eigenvalue weighted by Crippen LogP contribution is 2.28. The van der Waals surface area contributed by atoms with Crippen molar-refractivity contribution in [2.75, 3.05) is 19.0 Å². The number of nitrogens with one attached hydrogen (secondary N) is 3. The number of aromatic nitrogens is 1. The first-order valence-corrected chi connectivity index (χ1v) is 9.17. The fourth-order valence-corrected chi connectivity index (χ4v) is 3.27. The molecule has 0 aliphatic rings. The van der Waals surface area contributed by atoms with Gasteiger partial charge in [0.1, 0.15) is 0 Å². The quantitative estimate of drug-likeness (QED) is 0.376. The number of hydrazone groups is 1. The van der Waals surface area contributed by atoms with Gasteiger partial charge in [-0.15, -0.1) is 0 Å². The van der Waals surface area contributed by atoms with Gasteiger partial charge in [-0.05, 0) is 37.7 Å². The van der Waals surface area contributed by atoms with E-state index in [-0.39, 0.29) is 6.04 Å². The second-order valence-electron chi connectivity index (χ2n) is 5.31. The van der Waals surface area contributed by atoms with Crippen LogP contribution in [0.2, 0.25) is 5.15 Å². The zero-order valence-electron chi connectivity index (χ0n) is 14.2. The van der Waals surface area contributed by atoms with E-state index in [2.05, 4.69) is 26.1 Å². The summed E-state index contributed by atoms with van der Waals surface area (Å²) in [6, 6.07) is 8.07. The predicted octanol–water partition coefficient (Wildman–Crippen LogP) is 3.68. The lowest BCUT2D eigenvalue weighted by Crippen LogP contribution is -2.40. The molecular weight excluding hydrogens is 378 g/mol. The van der Waals surface area contributed by atoms with E-state index in [1.54, 1.807) is 13.3 Å². The van der Waals surface area contributed by atoms with Crippen LogP contribution < -0.4 is 16.1 Å². The molecule has 1 aromatic heterocycles. The molecule has 0 saturated carbocycles.